The van der Waals surface area contributed by atoms with Crippen molar-refractivity contribution in [1.29, 1.82) is 0 Å². The van der Waals surface area contributed by atoms with Crippen molar-refractivity contribution in [3.05, 3.63) is 10.2 Å². The second kappa shape index (κ2) is 5.67. The molecule has 0 aromatic rings. The summed E-state index contributed by atoms with van der Waals surface area (Å²) in [5.41, 5.74) is 0.875. The number of carboxylic acid groups (broad SMARTS) is 1. The van der Waals surface area contributed by atoms with Crippen molar-refractivity contribution in [2.45, 2.75) is 39.5 Å². The molecule has 0 unspecified atom stereocenters. The minimum atomic E-state index is -0.792. The fourth-order valence-electron chi connectivity index (χ4n) is 1.92. The van der Waals surface area contributed by atoms with Crippen molar-refractivity contribution in [3.63, 3.8) is 0 Å². The number of aliphatic carboxylic acids is 1. The summed E-state index contributed by atoms with van der Waals surface area (Å²) in [6.07, 6.45) is 2.07. The molecule has 0 spiro atoms. The molecule has 0 saturated carbocycles. The van der Waals surface area contributed by atoms with Crippen LogP contribution in [-0.4, -0.2) is 23.4 Å². The summed E-state index contributed by atoms with van der Waals surface area (Å²) in [5, 5.41) is 11.7. The molecule has 0 aromatic carbocycles. The first-order valence-electron chi connectivity index (χ1n) is 5.69. The molecule has 0 fully saturated rings. The van der Waals surface area contributed by atoms with E-state index in [9.17, 15) is 9.59 Å². The Bertz CT molecular complexity index is 361. The zero-order valence-electron chi connectivity index (χ0n) is 10.2. The molecule has 0 heterocycles. The van der Waals surface area contributed by atoms with E-state index in [4.69, 9.17) is 5.11 Å². The van der Waals surface area contributed by atoms with Crippen LogP contribution < -0.4 is 5.32 Å². The summed E-state index contributed by atoms with van der Waals surface area (Å²) in [6.45, 7) is 4.70. The number of carbonyl (C=O) groups is 2. The Hall–Kier alpha value is -0.840. The van der Waals surface area contributed by atoms with Crippen LogP contribution in [0, 0.1) is 5.41 Å². The van der Waals surface area contributed by atoms with E-state index in [0.29, 0.717) is 23.9 Å². The van der Waals surface area contributed by atoms with Gasteiger partial charge in [0.1, 0.15) is 0 Å². The van der Waals surface area contributed by atoms with Crippen molar-refractivity contribution >= 4 is 27.7 Å². The van der Waals surface area contributed by atoms with Crippen LogP contribution in [-0.2, 0) is 9.59 Å². The highest BCUT2D eigenvalue weighted by Gasteiger charge is 2.31. The van der Waals surface area contributed by atoms with Gasteiger partial charge in [0, 0.05) is 25.1 Å². The van der Waals surface area contributed by atoms with E-state index in [2.05, 4.69) is 35.1 Å². The quantitative estimate of drug-likeness (QED) is 0.766. The molecule has 17 heavy (non-hydrogen) atoms. The highest BCUT2D eigenvalue weighted by atomic mass is 79.9. The van der Waals surface area contributed by atoms with Gasteiger partial charge in [-0.2, -0.15) is 0 Å². The number of hydrogen-bond donors (Lipinski definition) is 2. The Kier molecular flexibility index (Phi) is 4.74. The Morgan fingerprint density at radius 2 is 2.12 bits per heavy atom. The Morgan fingerprint density at radius 1 is 1.47 bits per heavy atom. The van der Waals surface area contributed by atoms with Crippen LogP contribution in [0.2, 0.25) is 0 Å². The molecule has 0 aliphatic heterocycles. The Labute approximate surface area is 110 Å². The molecule has 2 N–H and O–H groups in total. The minimum Gasteiger partial charge on any atom is -0.481 e. The van der Waals surface area contributed by atoms with Crippen LogP contribution in [0.25, 0.3) is 0 Å². The number of Topliss-reactive ketones (excluding diaryl/α,β-unsaturated/α-hetero) is 1. The second-order valence-corrected chi connectivity index (χ2v) is 5.95. The van der Waals surface area contributed by atoms with Crippen LogP contribution in [0.1, 0.15) is 39.5 Å². The molecule has 1 aliphatic carbocycles. The lowest BCUT2D eigenvalue weighted by Crippen LogP contribution is -2.30. The van der Waals surface area contributed by atoms with Crippen molar-refractivity contribution in [1.82, 2.24) is 5.32 Å². The third-order valence-corrected chi connectivity index (χ3v) is 3.63. The molecule has 1 aliphatic rings. The van der Waals surface area contributed by atoms with Crippen molar-refractivity contribution in [3.8, 4) is 0 Å². The number of carboxylic acids is 1. The van der Waals surface area contributed by atoms with Crippen LogP contribution in [0.3, 0.4) is 0 Å². The van der Waals surface area contributed by atoms with Gasteiger partial charge >= 0.3 is 5.97 Å². The predicted molar refractivity (Wildman–Crippen MR) is 68.8 cm³/mol. The van der Waals surface area contributed by atoms with Gasteiger partial charge in [0.25, 0.3) is 0 Å². The fraction of sp³-hybridized carbons (Fsp3) is 0.667. The molecule has 0 amide bonds. The van der Waals surface area contributed by atoms with Gasteiger partial charge in [-0.25, -0.2) is 0 Å². The van der Waals surface area contributed by atoms with E-state index in [1.807, 2.05) is 0 Å². The van der Waals surface area contributed by atoms with Crippen LogP contribution in [0.4, 0.5) is 0 Å². The first kappa shape index (κ1) is 14.2. The third-order valence-electron chi connectivity index (χ3n) is 2.71. The first-order valence-corrected chi connectivity index (χ1v) is 6.49. The van der Waals surface area contributed by atoms with Gasteiger partial charge in [0.15, 0.2) is 5.78 Å². The van der Waals surface area contributed by atoms with E-state index in [1.165, 1.54) is 0 Å². The second-order valence-electron chi connectivity index (χ2n) is 5.16. The molecular weight excluding hydrogens is 286 g/mol. The summed E-state index contributed by atoms with van der Waals surface area (Å²) in [4.78, 5) is 22.1. The Morgan fingerprint density at radius 3 is 2.71 bits per heavy atom. The van der Waals surface area contributed by atoms with Gasteiger partial charge in [-0.1, -0.05) is 13.8 Å². The summed E-state index contributed by atoms with van der Waals surface area (Å²) in [7, 11) is 0. The summed E-state index contributed by atoms with van der Waals surface area (Å²) in [5.74, 6) is -0.679. The highest BCUT2D eigenvalue weighted by Crippen LogP contribution is 2.37. The highest BCUT2D eigenvalue weighted by molar-refractivity contribution is 9.12. The van der Waals surface area contributed by atoms with Crippen molar-refractivity contribution in [2.75, 3.05) is 6.54 Å². The SMILES string of the molecule is CC1(C)CC(=O)C(Br)=C(NCCCC(=O)O)C1. The molecule has 0 radical (unpaired) electrons. The maximum Gasteiger partial charge on any atom is 0.303 e. The average molecular weight is 304 g/mol. The third kappa shape index (κ3) is 4.50. The normalized spacial score (nSPS) is 19.4. The van der Waals surface area contributed by atoms with Gasteiger partial charge in [-0.3, -0.25) is 9.59 Å². The van der Waals surface area contributed by atoms with Gasteiger partial charge in [0.05, 0.1) is 4.48 Å². The van der Waals surface area contributed by atoms with E-state index in [1.54, 1.807) is 0 Å². The molecular formula is C12H18BrNO3. The lowest BCUT2D eigenvalue weighted by atomic mass is 9.79. The van der Waals surface area contributed by atoms with E-state index in [-0.39, 0.29) is 17.6 Å². The van der Waals surface area contributed by atoms with Gasteiger partial charge in [-0.15, -0.1) is 0 Å². The number of nitrogens with one attached hydrogen (secondary N) is 1. The number of hydrogen-bond acceptors (Lipinski definition) is 3. The van der Waals surface area contributed by atoms with Crippen molar-refractivity contribution in [2.24, 2.45) is 5.41 Å². The summed E-state index contributed by atoms with van der Waals surface area (Å²) >= 11 is 3.30. The van der Waals surface area contributed by atoms with E-state index >= 15 is 0 Å². The standard InChI is InChI=1S/C12H18BrNO3/c1-12(2)6-8(11(13)9(15)7-12)14-5-3-4-10(16)17/h14H,3-7H2,1-2H3,(H,16,17). The van der Waals surface area contributed by atoms with Crippen molar-refractivity contribution < 1.29 is 14.7 Å². The number of allylic oxidation sites excluding steroid dienone is 2. The van der Waals surface area contributed by atoms with Crippen LogP contribution >= 0.6 is 15.9 Å². The molecule has 0 aromatic heterocycles. The van der Waals surface area contributed by atoms with Crippen LogP contribution in [0.15, 0.2) is 10.2 Å². The maximum atomic E-state index is 11.7. The predicted octanol–water partition coefficient (Wildman–Crippen LogP) is 2.44. The number of carbonyl (C=O) groups excluding carboxylic acids is 1. The molecule has 1 rings (SSSR count). The topological polar surface area (TPSA) is 66.4 Å². The van der Waals surface area contributed by atoms with E-state index in [0.717, 1.165) is 12.1 Å². The first-order chi connectivity index (χ1) is 7.82. The molecule has 96 valence electrons. The Balaban J connectivity index is 2.53. The zero-order valence-corrected chi connectivity index (χ0v) is 11.8. The molecule has 5 heteroatoms. The number of ketones is 1. The van der Waals surface area contributed by atoms with Crippen LogP contribution in [0.5, 0.6) is 0 Å². The maximum absolute atomic E-state index is 11.7. The largest absolute Gasteiger partial charge is 0.481 e. The molecule has 0 atom stereocenters. The van der Waals surface area contributed by atoms with Gasteiger partial charge in [-0.05, 0) is 34.2 Å². The lowest BCUT2D eigenvalue weighted by molar-refractivity contribution is -0.137. The molecule has 0 saturated heterocycles. The van der Waals surface area contributed by atoms with E-state index < -0.39 is 5.97 Å². The average Bonchev–Trinajstić information content (AvgIpc) is 2.18. The monoisotopic (exact) mass is 303 g/mol. The smallest absolute Gasteiger partial charge is 0.303 e. The summed E-state index contributed by atoms with van der Waals surface area (Å²) in [6, 6.07) is 0. The molecule has 0 bridgehead atoms. The molecule has 4 nitrogen and oxygen atoms in total. The summed E-state index contributed by atoms with van der Waals surface area (Å²) < 4.78 is 0.618. The fourth-order valence-corrected chi connectivity index (χ4v) is 2.34. The zero-order chi connectivity index (χ0) is 13.1. The van der Waals surface area contributed by atoms with Gasteiger partial charge in [0.2, 0.25) is 0 Å². The number of rotatable bonds is 5. The number of halogens is 1. The minimum absolute atomic E-state index is 0.0243. The lowest BCUT2D eigenvalue weighted by Gasteiger charge is -2.31. The van der Waals surface area contributed by atoms with Gasteiger partial charge < -0.3 is 10.4 Å².